The fraction of sp³-hybridized carbons (Fsp3) is 0.652. The van der Waals surface area contributed by atoms with Gasteiger partial charge in [0.2, 0.25) is 5.91 Å². The maximum atomic E-state index is 12.6. The molecule has 4 N–H and O–H groups in total. The van der Waals surface area contributed by atoms with E-state index < -0.39 is 0 Å². The standard InChI is InChI=1S/C23H35N3O2/c1-17-14-18(22(28)25-19-8-4-2-5-9-19)10-11-20(17)26-21(27)15-23(16-24)12-6-3-7-13-23/h10-11,14,19H,2-9,12-13,15-16,24H2,1H3,(H,25,28)(H,26,27). The second-order valence-electron chi connectivity index (χ2n) is 8.83. The molecule has 1 aromatic carbocycles. The number of nitrogens with two attached hydrogens (primary N) is 1. The molecule has 0 bridgehead atoms. The smallest absolute Gasteiger partial charge is 0.251 e. The first-order valence-electron chi connectivity index (χ1n) is 10.9. The number of hydrogen-bond donors (Lipinski definition) is 3. The molecular formula is C23H35N3O2. The molecule has 0 spiro atoms. The lowest BCUT2D eigenvalue weighted by Crippen LogP contribution is -2.36. The van der Waals surface area contributed by atoms with Crippen molar-refractivity contribution in [1.82, 2.24) is 5.32 Å². The minimum absolute atomic E-state index is 0.0165. The van der Waals surface area contributed by atoms with Gasteiger partial charge in [-0.15, -0.1) is 0 Å². The Balaban J connectivity index is 1.58. The Labute approximate surface area is 168 Å². The SMILES string of the molecule is Cc1cc(C(=O)NC2CCCCC2)ccc1NC(=O)CC1(CN)CCCCC1. The zero-order valence-electron chi connectivity index (χ0n) is 17.2. The topological polar surface area (TPSA) is 84.2 Å². The summed E-state index contributed by atoms with van der Waals surface area (Å²) in [5, 5.41) is 6.19. The van der Waals surface area contributed by atoms with Crippen molar-refractivity contribution >= 4 is 17.5 Å². The van der Waals surface area contributed by atoms with Gasteiger partial charge in [0, 0.05) is 23.7 Å². The third-order valence-electron chi connectivity index (χ3n) is 6.59. The first-order valence-corrected chi connectivity index (χ1v) is 10.9. The van der Waals surface area contributed by atoms with E-state index in [2.05, 4.69) is 10.6 Å². The van der Waals surface area contributed by atoms with Crippen LogP contribution in [0, 0.1) is 12.3 Å². The van der Waals surface area contributed by atoms with Gasteiger partial charge in [-0.3, -0.25) is 9.59 Å². The van der Waals surface area contributed by atoms with Gasteiger partial charge in [-0.05, 0) is 68.3 Å². The summed E-state index contributed by atoms with van der Waals surface area (Å²) < 4.78 is 0. The number of carbonyl (C=O) groups excluding carboxylic acids is 2. The van der Waals surface area contributed by atoms with E-state index in [1.54, 1.807) is 6.07 Å². The predicted molar refractivity (Wildman–Crippen MR) is 113 cm³/mol. The van der Waals surface area contributed by atoms with E-state index in [4.69, 9.17) is 5.73 Å². The van der Waals surface area contributed by atoms with Crippen LogP contribution in [0.25, 0.3) is 0 Å². The summed E-state index contributed by atoms with van der Waals surface area (Å²) in [7, 11) is 0. The van der Waals surface area contributed by atoms with Crippen LogP contribution in [0.1, 0.15) is 86.6 Å². The molecule has 2 fully saturated rings. The lowest BCUT2D eigenvalue weighted by molar-refractivity contribution is -0.118. The molecule has 28 heavy (non-hydrogen) atoms. The van der Waals surface area contributed by atoms with Crippen molar-refractivity contribution in [3.63, 3.8) is 0 Å². The molecule has 1 aromatic rings. The molecule has 2 aliphatic carbocycles. The summed E-state index contributed by atoms with van der Waals surface area (Å²) in [6.45, 7) is 2.51. The van der Waals surface area contributed by atoms with Gasteiger partial charge < -0.3 is 16.4 Å². The molecule has 5 nitrogen and oxygen atoms in total. The highest BCUT2D eigenvalue weighted by Gasteiger charge is 2.33. The number of rotatable bonds is 6. The van der Waals surface area contributed by atoms with Crippen LogP contribution >= 0.6 is 0 Å². The molecule has 0 atom stereocenters. The van der Waals surface area contributed by atoms with Gasteiger partial charge in [0.1, 0.15) is 0 Å². The summed E-state index contributed by atoms with van der Waals surface area (Å²) in [5.74, 6) is 0.00650. The average molecular weight is 386 g/mol. The van der Waals surface area contributed by atoms with Crippen molar-refractivity contribution in [2.24, 2.45) is 11.1 Å². The third-order valence-corrected chi connectivity index (χ3v) is 6.59. The highest BCUT2D eigenvalue weighted by Crippen LogP contribution is 2.38. The monoisotopic (exact) mass is 385 g/mol. The molecule has 0 heterocycles. The Bertz CT molecular complexity index is 689. The molecule has 0 aromatic heterocycles. The molecular weight excluding hydrogens is 350 g/mol. The maximum Gasteiger partial charge on any atom is 0.251 e. The van der Waals surface area contributed by atoms with Gasteiger partial charge in [0.15, 0.2) is 0 Å². The lowest BCUT2D eigenvalue weighted by Gasteiger charge is -2.35. The number of carbonyl (C=O) groups is 2. The van der Waals surface area contributed by atoms with Crippen molar-refractivity contribution in [3.8, 4) is 0 Å². The Morgan fingerprint density at radius 2 is 1.75 bits per heavy atom. The number of nitrogens with one attached hydrogen (secondary N) is 2. The van der Waals surface area contributed by atoms with Crippen LogP contribution in [0.4, 0.5) is 5.69 Å². The Morgan fingerprint density at radius 3 is 2.39 bits per heavy atom. The van der Waals surface area contributed by atoms with Crippen LogP contribution in [0.2, 0.25) is 0 Å². The quantitative estimate of drug-likeness (QED) is 0.683. The number of hydrogen-bond acceptors (Lipinski definition) is 3. The normalized spacial score (nSPS) is 19.8. The molecule has 154 valence electrons. The van der Waals surface area contributed by atoms with Crippen LogP contribution < -0.4 is 16.4 Å². The Hall–Kier alpha value is -1.88. The number of aryl methyl sites for hydroxylation is 1. The fourth-order valence-corrected chi connectivity index (χ4v) is 4.75. The zero-order chi connectivity index (χ0) is 20.0. The minimum Gasteiger partial charge on any atom is -0.349 e. The summed E-state index contributed by atoms with van der Waals surface area (Å²) in [4.78, 5) is 25.2. The van der Waals surface area contributed by atoms with Crippen molar-refractivity contribution < 1.29 is 9.59 Å². The van der Waals surface area contributed by atoms with E-state index in [0.717, 1.165) is 49.8 Å². The average Bonchev–Trinajstić information content (AvgIpc) is 2.71. The van der Waals surface area contributed by atoms with Crippen LogP contribution in [-0.2, 0) is 4.79 Å². The lowest BCUT2D eigenvalue weighted by atomic mass is 9.71. The first-order chi connectivity index (χ1) is 13.5. The van der Waals surface area contributed by atoms with Gasteiger partial charge in [-0.25, -0.2) is 0 Å². The van der Waals surface area contributed by atoms with Gasteiger partial charge in [0.25, 0.3) is 5.91 Å². The minimum atomic E-state index is -0.0456. The summed E-state index contributed by atoms with van der Waals surface area (Å²) in [6, 6.07) is 5.82. The van der Waals surface area contributed by atoms with Gasteiger partial charge in [-0.2, -0.15) is 0 Å². The molecule has 2 aliphatic rings. The predicted octanol–water partition coefficient (Wildman–Crippen LogP) is 4.30. The molecule has 0 aliphatic heterocycles. The molecule has 2 amide bonds. The molecule has 0 unspecified atom stereocenters. The van der Waals surface area contributed by atoms with E-state index in [0.29, 0.717) is 24.6 Å². The van der Waals surface area contributed by atoms with Crippen molar-refractivity contribution in [3.05, 3.63) is 29.3 Å². The third kappa shape index (κ3) is 5.34. The van der Waals surface area contributed by atoms with Gasteiger partial charge in [0.05, 0.1) is 0 Å². The number of amides is 2. The first kappa shape index (κ1) is 20.8. The van der Waals surface area contributed by atoms with Crippen LogP contribution in [-0.4, -0.2) is 24.4 Å². The van der Waals surface area contributed by atoms with E-state index in [-0.39, 0.29) is 17.2 Å². The van der Waals surface area contributed by atoms with Crippen molar-refractivity contribution in [2.75, 3.05) is 11.9 Å². The van der Waals surface area contributed by atoms with Crippen LogP contribution in [0.5, 0.6) is 0 Å². The van der Waals surface area contributed by atoms with E-state index >= 15 is 0 Å². The molecule has 3 rings (SSSR count). The molecule has 2 saturated carbocycles. The number of anilines is 1. The summed E-state index contributed by atoms with van der Waals surface area (Å²) in [6.07, 6.45) is 11.9. The maximum absolute atomic E-state index is 12.6. The Morgan fingerprint density at radius 1 is 1.07 bits per heavy atom. The fourth-order valence-electron chi connectivity index (χ4n) is 4.75. The van der Waals surface area contributed by atoms with Gasteiger partial charge >= 0.3 is 0 Å². The van der Waals surface area contributed by atoms with Crippen molar-refractivity contribution in [1.29, 1.82) is 0 Å². The molecule has 0 radical (unpaired) electrons. The highest BCUT2D eigenvalue weighted by atomic mass is 16.2. The summed E-state index contributed by atoms with van der Waals surface area (Å²) in [5.41, 5.74) is 8.32. The summed E-state index contributed by atoms with van der Waals surface area (Å²) >= 11 is 0. The largest absolute Gasteiger partial charge is 0.349 e. The van der Waals surface area contributed by atoms with Gasteiger partial charge in [-0.1, -0.05) is 38.5 Å². The molecule has 0 saturated heterocycles. The highest BCUT2D eigenvalue weighted by molar-refractivity contribution is 5.96. The second-order valence-corrected chi connectivity index (χ2v) is 8.83. The van der Waals surface area contributed by atoms with Crippen molar-refractivity contribution in [2.45, 2.75) is 83.6 Å². The van der Waals surface area contributed by atoms with E-state index in [9.17, 15) is 9.59 Å². The molecule has 5 heteroatoms. The van der Waals surface area contributed by atoms with E-state index in [1.165, 1.54) is 25.7 Å². The zero-order valence-corrected chi connectivity index (χ0v) is 17.2. The second kappa shape index (κ2) is 9.55. The Kier molecular flexibility index (Phi) is 7.11. The van der Waals surface area contributed by atoms with Crippen LogP contribution in [0.3, 0.4) is 0 Å². The van der Waals surface area contributed by atoms with Crippen LogP contribution in [0.15, 0.2) is 18.2 Å². The number of benzene rings is 1. The van der Waals surface area contributed by atoms with E-state index in [1.807, 2.05) is 19.1 Å².